The number of hydrogen-bond donors (Lipinski definition) is 1. The number of amides is 1. The molecule has 1 aromatic carbocycles. The van der Waals surface area contributed by atoms with Crippen LogP contribution in [0.5, 0.6) is 5.75 Å². The number of anilines is 1. The molecule has 3 heterocycles. The van der Waals surface area contributed by atoms with E-state index in [0.717, 1.165) is 67.3 Å². The van der Waals surface area contributed by atoms with Crippen LogP contribution >= 0.6 is 23.2 Å². The van der Waals surface area contributed by atoms with Crippen molar-refractivity contribution in [3.63, 3.8) is 0 Å². The first-order valence-electron chi connectivity index (χ1n) is 10.9. The van der Waals surface area contributed by atoms with Gasteiger partial charge in [0.25, 0.3) is 5.91 Å². The van der Waals surface area contributed by atoms with E-state index in [4.69, 9.17) is 27.9 Å². The number of ether oxygens (including phenoxy) is 1. The molecule has 1 amide bonds. The van der Waals surface area contributed by atoms with E-state index in [1.54, 1.807) is 12.1 Å². The molecule has 0 bridgehead atoms. The molecule has 1 fully saturated rings. The van der Waals surface area contributed by atoms with Gasteiger partial charge in [0.1, 0.15) is 11.4 Å². The first kappa shape index (κ1) is 22.2. The van der Waals surface area contributed by atoms with Crippen molar-refractivity contribution in [1.82, 2.24) is 15.5 Å². The lowest BCUT2D eigenvalue weighted by molar-refractivity contribution is 0.0226. The van der Waals surface area contributed by atoms with Crippen molar-refractivity contribution < 1.29 is 9.53 Å². The van der Waals surface area contributed by atoms with Crippen LogP contribution in [0, 0.1) is 5.92 Å². The summed E-state index contributed by atoms with van der Waals surface area (Å²) in [5.41, 5.74) is 1.14. The van der Waals surface area contributed by atoms with Crippen LogP contribution in [0.2, 0.25) is 10.0 Å². The summed E-state index contributed by atoms with van der Waals surface area (Å²) in [5.74, 6) is 1.89. The van der Waals surface area contributed by atoms with Crippen LogP contribution in [0.25, 0.3) is 0 Å². The van der Waals surface area contributed by atoms with Crippen molar-refractivity contribution in [2.24, 2.45) is 5.92 Å². The molecule has 6 nitrogen and oxygen atoms in total. The molecule has 2 aliphatic rings. The molecule has 0 saturated carbocycles. The fourth-order valence-electron chi connectivity index (χ4n) is 4.21. The summed E-state index contributed by atoms with van der Waals surface area (Å²) in [7, 11) is 0. The molecule has 0 radical (unpaired) electrons. The van der Waals surface area contributed by atoms with Crippen molar-refractivity contribution in [3.8, 4) is 5.75 Å². The maximum atomic E-state index is 12.2. The van der Waals surface area contributed by atoms with E-state index in [1.165, 1.54) is 0 Å². The molecule has 1 aromatic heterocycles. The number of aromatic nitrogens is 2. The zero-order chi connectivity index (χ0) is 22.0. The normalized spacial score (nSPS) is 17.4. The predicted molar refractivity (Wildman–Crippen MR) is 123 cm³/mol. The second-order valence-electron chi connectivity index (χ2n) is 8.82. The number of benzene rings is 1. The number of nitrogens with zero attached hydrogens (tertiary/aromatic N) is 3. The Kier molecular flexibility index (Phi) is 6.58. The number of fused-ring (bicyclic) bond motifs is 1. The van der Waals surface area contributed by atoms with E-state index < -0.39 is 0 Å². The zero-order valence-electron chi connectivity index (χ0n) is 18.0. The first-order valence-corrected chi connectivity index (χ1v) is 11.7. The van der Waals surface area contributed by atoms with Gasteiger partial charge < -0.3 is 15.0 Å². The van der Waals surface area contributed by atoms with Gasteiger partial charge in [-0.3, -0.25) is 4.79 Å². The molecular formula is C23H28Cl2N4O2. The van der Waals surface area contributed by atoms with Crippen molar-refractivity contribution in [2.45, 2.75) is 51.6 Å². The van der Waals surface area contributed by atoms with Gasteiger partial charge in [-0.1, -0.05) is 37.0 Å². The topological polar surface area (TPSA) is 67.4 Å². The van der Waals surface area contributed by atoms with E-state index in [0.29, 0.717) is 23.2 Å². The fraction of sp³-hybridized carbons (Fsp3) is 0.522. The number of nitrogens with one attached hydrogen (secondary N) is 1. The van der Waals surface area contributed by atoms with Gasteiger partial charge >= 0.3 is 0 Å². The molecule has 31 heavy (non-hydrogen) atoms. The summed E-state index contributed by atoms with van der Waals surface area (Å²) in [6.45, 7) is 6.52. The zero-order valence-corrected chi connectivity index (χ0v) is 19.5. The summed E-state index contributed by atoms with van der Waals surface area (Å²) in [4.78, 5) is 14.4. The summed E-state index contributed by atoms with van der Waals surface area (Å²) in [5, 5.41) is 12.7. The molecular weight excluding hydrogens is 435 g/mol. The quantitative estimate of drug-likeness (QED) is 0.682. The third-order valence-electron chi connectivity index (χ3n) is 6.19. The SMILES string of the molecule is CC(C)CCNC(=O)c1ccc(N2CCC3(CCc4c(Cl)ccc(Cl)c4O3)CC2)nn1. The maximum Gasteiger partial charge on any atom is 0.271 e. The third kappa shape index (κ3) is 4.90. The average Bonchev–Trinajstić information content (AvgIpc) is 2.77. The average molecular weight is 463 g/mol. The van der Waals surface area contributed by atoms with Gasteiger partial charge in [-0.25, -0.2) is 0 Å². The number of rotatable bonds is 5. The van der Waals surface area contributed by atoms with Crippen LogP contribution in [0.1, 0.15) is 55.6 Å². The maximum absolute atomic E-state index is 12.2. The van der Waals surface area contributed by atoms with Crippen molar-refractivity contribution in [1.29, 1.82) is 0 Å². The smallest absolute Gasteiger partial charge is 0.271 e. The molecule has 1 N–H and O–H groups in total. The first-order chi connectivity index (χ1) is 14.9. The Morgan fingerprint density at radius 2 is 1.87 bits per heavy atom. The van der Waals surface area contributed by atoms with Crippen LogP contribution in [-0.2, 0) is 6.42 Å². The highest BCUT2D eigenvalue weighted by molar-refractivity contribution is 6.35. The van der Waals surface area contributed by atoms with Crippen LogP contribution in [0.15, 0.2) is 24.3 Å². The number of piperidine rings is 1. The monoisotopic (exact) mass is 462 g/mol. The number of carbonyl (C=O) groups excluding carboxylic acids is 1. The molecule has 8 heteroatoms. The summed E-state index contributed by atoms with van der Waals surface area (Å²) < 4.78 is 6.43. The highest BCUT2D eigenvalue weighted by Gasteiger charge is 2.41. The number of carbonyl (C=O) groups is 1. The Bertz CT molecular complexity index is 941. The third-order valence-corrected chi connectivity index (χ3v) is 6.85. The van der Waals surface area contributed by atoms with Gasteiger partial charge in [0.15, 0.2) is 11.5 Å². The highest BCUT2D eigenvalue weighted by atomic mass is 35.5. The minimum absolute atomic E-state index is 0.179. The van der Waals surface area contributed by atoms with Crippen LogP contribution < -0.4 is 15.0 Å². The van der Waals surface area contributed by atoms with Gasteiger partial charge in [0.2, 0.25) is 0 Å². The van der Waals surface area contributed by atoms with Crippen LogP contribution in [0.4, 0.5) is 5.82 Å². The van der Waals surface area contributed by atoms with Crippen LogP contribution in [-0.4, -0.2) is 41.3 Å². The Morgan fingerprint density at radius 3 is 2.55 bits per heavy atom. The minimum Gasteiger partial charge on any atom is -0.485 e. The molecule has 2 aromatic rings. The van der Waals surface area contributed by atoms with E-state index in [1.807, 2.05) is 12.1 Å². The van der Waals surface area contributed by atoms with E-state index >= 15 is 0 Å². The molecule has 0 unspecified atom stereocenters. The second-order valence-corrected chi connectivity index (χ2v) is 9.64. The van der Waals surface area contributed by atoms with Crippen LogP contribution in [0.3, 0.4) is 0 Å². The molecule has 2 aliphatic heterocycles. The minimum atomic E-state index is -0.221. The molecule has 166 valence electrons. The molecule has 0 aliphatic carbocycles. The van der Waals surface area contributed by atoms with Gasteiger partial charge in [0.05, 0.1) is 5.02 Å². The molecule has 4 rings (SSSR count). The Hall–Kier alpha value is -2.05. The Morgan fingerprint density at radius 1 is 1.13 bits per heavy atom. The lowest BCUT2D eigenvalue weighted by atomic mass is 9.83. The van der Waals surface area contributed by atoms with Gasteiger partial charge in [-0.2, -0.15) is 0 Å². The summed E-state index contributed by atoms with van der Waals surface area (Å²) in [6, 6.07) is 7.25. The number of halogens is 2. The van der Waals surface area contributed by atoms with E-state index in [9.17, 15) is 4.79 Å². The largest absolute Gasteiger partial charge is 0.485 e. The van der Waals surface area contributed by atoms with Gasteiger partial charge in [-0.15, -0.1) is 10.2 Å². The Labute approximate surface area is 193 Å². The van der Waals surface area contributed by atoms with Gasteiger partial charge in [0, 0.05) is 43.1 Å². The van der Waals surface area contributed by atoms with E-state index in [2.05, 4.69) is 34.3 Å². The molecule has 1 spiro atoms. The predicted octanol–water partition coefficient (Wildman–Crippen LogP) is 4.92. The second kappa shape index (κ2) is 9.21. The fourth-order valence-corrected chi connectivity index (χ4v) is 4.67. The molecule has 0 atom stereocenters. The van der Waals surface area contributed by atoms with E-state index in [-0.39, 0.29) is 11.5 Å². The number of hydrogen-bond acceptors (Lipinski definition) is 5. The standard InChI is InChI=1S/C23H28Cl2N4O2/c1-15(2)8-12-26-22(30)19-5-6-20(28-27-19)29-13-10-23(11-14-29)9-7-16-17(24)3-4-18(25)21(16)31-23/h3-6,15H,7-14H2,1-2H3,(H,26,30). The highest BCUT2D eigenvalue weighted by Crippen LogP contribution is 2.45. The molecule has 1 saturated heterocycles. The lowest BCUT2D eigenvalue weighted by Gasteiger charge is -2.45. The summed E-state index contributed by atoms with van der Waals surface area (Å²) >= 11 is 12.7. The van der Waals surface area contributed by atoms with Crippen molar-refractivity contribution in [2.75, 3.05) is 24.5 Å². The van der Waals surface area contributed by atoms with Crippen molar-refractivity contribution in [3.05, 3.63) is 45.6 Å². The van der Waals surface area contributed by atoms with Gasteiger partial charge in [-0.05, 0) is 49.4 Å². The summed E-state index contributed by atoms with van der Waals surface area (Å²) in [6.07, 6.45) is 4.48. The lowest BCUT2D eigenvalue weighted by Crippen LogP contribution is -2.50. The Balaban J connectivity index is 1.36. The van der Waals surface area contributed by atoms with Crippen molar-refractivity contribution >= 4 is 34.9 Å².